The van der Waals surface area contributed by atoms with E-state index >= 15 is 0 Å². The van der Waals surface area contributed by atoms with E-state index in [1.165, 1.54) is 12.0 Å². The van der Waals surface area contributed by atoms with E-state index in [1.807, 2.05) is 31.1 Å². The molecule has 1 atom stereocenters. The van der Waals surface area contributed by atoms with Crippen LogP contribution in [0.5, 0.6) is 0 Å². The minimum absolute atomic E-state index is 0.0269. The van der Waals surface area contributed by atoms with Gasteiger partial charge >= 0.3 is 0 Å². The Labute approximate surface area is 160 Å². The van der Waals surface area contributed by atoms with Crippen molar-refractivity contribution in [3.63, 3.8) is 0 Å². The third-order valence-corrected chi connectivity index (χ3v) is 5.61. The quantitative estimate of drug-likeness (QED) is 0.826. The highest BCUT2D eigenvalue weighted by Crippen LogP contribution is 2.28. The van der Waals surface area contributed by atoms with Gasteiger partial charge in [-0.3, -0.25) is 14.7 Å². The maximum atomic E-state index is 12.3. The summed E-state index contributed by atoms with van der Waals surface area (Å²) in [6, 6.07) is 4.17. The van der Waals surface area contributed by atoms with Crippen molar-refractivity contribution in [1.29, 1.82) is 0 Å². The molecule has 2 aliphatic heterocycles. The molecule has 1 fully saturated rings. The van der Waals surface area contributed by atoms with Crippen molar-refractivity contribution in [2.24, 2.45) is 5.92 Å². The Morgan fingerprint density at radius 3 is 2.78 bits per heavy atom. The summed E-state index contributed by atoms with van der Waals surface area (Å²) in [6.07, 6.45) is 6.04. The maximum Gasteiger partial charge on any atom is 0.225 e. The summed E-state index contributed by atoms with van der Waals surface area (Å²) in [6.45, 7) is 9.12. The fourth-order valence-electron chi connectivity index (χ4n) is 4.19. The van der Waals surface area contributed by atoms with Crippen molar-refractivity contribution < 1.29 is 4.79 Å². The fraction of sp³-hybridized carbons (Fsp3) is 0.600. The molecule has 4 heterocycles. The van der Waals surface area contributed by atoms with Crippen LogP contribution in [0.1, 0.15) is 49.8 Å². The van der Waals surface area contributed by atoms with Gasteiger partial charge in [0.15, 0.2) is 5.82 Å². The molecule has 0 N–H and O–H groups in total. The van der Waals surface area contributed by atoms with Crippen molar-refractivity contribution in [3.05, 3.63) is 41.7 Å². The summed E-state index contributed by atoms with van der Waals surface area (Å²) in [5.74, 6) is 2.66. The van der Waals surface area contributed by atoms with Crippen LogP contribution in [0, 0.1) is 5.92 Å². The molecule has 7 nitrogen and oxygen atoms in total. The van der Waals surface area contributed by atoms with Gasteiger partial charge in [-0.1, -0.05) is 13.8 Å². The van der Waals surface area contributed by atoms with Gasteiger partial charge in [0, 0.05) is 50.4 Å². The zero-order chi connectivity index (χ0) is 18.8. The van der Waals surface area contributed by atoms with Gasteiger partial charge in [-0.15, -0.1) is 10.2 Å². The summed E-state index contributed by atoms with van der Waals surface area (Å²) in [7, 11) is 0. The van der Waals surface area contributed by atoms with Crippen molar-refractivity contribution in [1.82, 2.24) is 29.5 Å². The molecule has 4 rings (SSSR count). The lowest BCUT2D eigenvalue weighted by Gasteiger charge is -2.34. The van der Waals surface area contributed by atoms with E-state index in [0.717, 1.165) is 50.8 Å². The average molecular weight is 368 g/mol. The molecule has 2 aliphatic rings. The second-order valence-corrected chi connectivity index (χ2v) is 7.97. The van der Waals surface area contributed by atoms with Crippen LogP contribution in [0.25, 0.3) is 0 Å². The Kier molecular flexibility index (Phi) is 5.20. The smallest absolute Gasteiger partial charge is 0.225 e. The van der Waals surface area contributed by atoms with E-state index in [1.54, 1.807) is 0 Å². The standard InChI is InChI=1S/C20H28N6O/c1-15(2)20(27)25-10-11-26-18(14-25)22-23-19(26)17-4-3-9-24(13-17)12-16-5-7-21-8-6-16/h5-8,15,17H,3-4,9-14H2,1-2H3. The monoisotopic (exact) mass is 368 g/mol. The minimum atomic E-state index is 0.0269. The molecular formula is C20H28N6O. The van der Waals surface area contributed by atoms with E-state index in [9.17, 15) is 4.79 Å². The fourth-order valence-corrected chi connectivity index (χ4v) is 4.19. The largest absolute Gasteiger partial charge is 0.333 e. The topological polar surface area (TPSA) is 67.2 Å². The predicted octanol–water partition coefficient (Wildman–Crippen LogP) is 2.05. The van der Waals surface area contributed by atoms with Crippen LogP contribution in [0.4, 0.5) is 0 Å². The van der Waals surface area contributed by atoms with Gasteiger partial charge in [0.05, 0.1) is 6.54 Å². The Bertz CT molecular complexity index is 787. The normalized spacial score (nSPS) is 20.7. The van der Waals surface area contributed by atoms with Gasteiger partial charge < -0.3 is 9.47 Å². The van der Waals surface area contributed by atoms with Gasteiger partial charge in [0.25, 0.3) is 0 Å². The van der Waals surface area contributed by atoms with E-state index in [0.29, 0.717) is 12.5 Å². The highest BCUT2D eigenvalue weighted by molar-refractivity contribution is 5.78. The van der Waals surface area contributed by atoms with E-state index in [4.69, 9.17) is 0 Å². The number of nitrogens with zero attached hydrogens (tertiary/aromatic N) is 6. The average Bonchev–Trinajstić information content (AvgIpc) is 3.11. The summed E-state index contributed by atoms with van der Waals surface area (Å²) < 4.78 is 2.25. The summed E-state index contributed by atoms with van der Waals surface area (Å²) in [5.41, 5.74) is 1.30. The van der Waals surface area contributed by atoms with E-state index in [2.05, 4.69) is 36.8 Å². The Morgan fingerprint density at radius 2 is 2.00 bits per heavy atom. The predicted molar refractivity (Wildman–Crippen MR) is 102 cm³/mol. The number of rotatable bonds is 4. The van der Waals surface area contributed by atoms with Crippen molar-refractivity contribution in [2.45, 2.75) is 52.2 Å². The van der Waals surface area contributed by atoms with Crippen molar-refractivity contribution in [2.75, 3.05) is 19.6 Å². The zero-order valence-corrected chi connectivity index (χ0v) is 16.2. The molecule has 1 unspecified atom stereocenters. The Balaban J connectivity index is 1.45. The molecule has 0 aromatic carbocycles. The lowest BCUT2D eigenvalue weighted by Crippen LogP contribution is -2.41. The first-order valence-electron chi connectivity index (χ1n) is 9.94. The molecule has 0 bridgehead atoms. The van der Waals surface area contributed by atoms with Crippen LogP contribution in [0.15, 0.2) is 24.5 Å². The summed E-state index contributed by atoms with van der Waals surface area (Å²) in [5, 5.41) is 8.97. The molecule has 7 heteroatoms. The third kappa shape index (κ3) is 3.88. The Hall–Kier alpha value is -2.28. The minimum Gasteiger partial charge on any atom is -0.333 e. The summed E-state index contributed by atoms with van der Waals surface area (Å²) >= 11 is 0. The number of piperidine rings is 1. The molecule has 0 spiro atoms. The molecule has 0 radical (unpaired) electrons. The molecule has 2 aromatic rings. The molecule has 144 valence electrons. The molecule has 2 aromatic heterocycles. The van der Waals surface area contributed by atoms with Crippen LogP contribution in [-0.4, -0.2) is 55.1 Å². The zero-order valence-electron chi connectivity index (χ0n) is 16.2. The first-order chi connectivity index (χ1) is 13.1. The summed E-state index contributed by atoms with van der Waals surface area (Å²) in [4.78, 5) is 20.8. The lowest BCUT2D eigenvalue weighted by atomic mass is 9.96. The number of fused-ring (bicyclic) bond motifs is 1. The van der Waals surface area contributed by atoms with Crippen LogP contribution in [-0.2, 0) is 24.4 Å². The van der Waals surface area contributed by atoms with Crippen molar-refractivity contribution in [3.8, 4) is 0 Å². The Morgan fingerprint density at radius 1 is 1.19 bits per heavy atom. The first-order valence-corrected chi connectivity index (χ1v) is 9.94. The highest BCUT2D eigenvalue weighted by Gasteiger charge is 2.30. The van der Waals surface area contributed by atoms with E-state index in [-0.39, 0.29) is 11.8 Å². The number of hydrogen-bond acceptors (Lipinski definition) is 5. The van der Waals surface area contributed by atoms with Gasteiger partial charge in [0.2, 0.25) is 5.91 Å². The van der Waals surface area contributed by atoms with Gasteiger partial charge in [-0.05, 0) is 37.1 Å². The molecule has 27 heavy (non-hydrogen) atoms. The van der Waals surface area contributed by atoms with Crippen LogP contribution >= 0.6 is 0 Å². The second kappa shape index (κ2) is 7.76. The number of carbonyl (C=O) groups is 1. The first kappa shape index (κ1) is 18.1. The number of likely N-dealkylation sites (tertiary alicyclic amines) is 1. The number of pyridine rings is 1. The van der Waals surface area contributed by atoms with Gasteiger partial charge in [0.1, 0.15) is 5.82 Å². The van der Waals surface area contributed by atoms with Crippen LogP contribution < -0.4 is 0 Å². The third-order valence-electron chi connectivity index (χ3n) is 5.61. The van der Waals surface area contributed by atoms with E-state index < -0.39 is 0 Å². The van der Waals surface area contributed by atoms with Crippen molar-refractivity contribution >= 4 is 5.91 Å². The lowest BCUT2D eigenvalue weighted by molar-refractivity contribution is -0.136. The second-order valence-electron chi connectivity index (χ2n) is 7.97. The van der Waals surface area contributed by atoms with Crippen LogP contribution in [0.3, 0.4) is 0 Å². The van der Waals surface area contributed by atoms with Gasteiger partial charge in [-0.25, -0.2) is 0 Å². The van der Waals surface area contributed by atoms with Crippen LogP contribution in [0.2, 0.25) is 0 Å². The van der Waals surface area contributed by atoms with Gasteiger partial charge in [-0.2, -0.15) is 0 Å². The maximum absolute atomic E-state index is 12.3. The number of hydrogen-bond donors (Lipinski definition) is 0. The molecule has 0 aliphatic carbocycles. The SMILES string of the molecule is CC(C)C(=O)N1CCn2c(nnc2C2CCCN(Cc3ccncc3)C2)C1. The molecule has 1 saturated heterocycles. The molecule has 0 saturated carbocycles. The highest BCUT2D eigenvalue weighted by atomic mass is 16.2. The molecule has 1 amide bonds. The number of aromatic nitrogens is 4. The number of amides is 1. The number of carbonyl (C=O) groups excluding carboxylic acids is 1. The molecular weight excluding hydrogens is 340 g/mol.